The minimum atomic E-state index is -0.460. The fraction of sp³-hybridized carbons (Fsp3) is 0.300. The molecule has 0 spiro atoms. The molecule has 2 aromatic rings. The first kappa shape index (κ1) is 11.6. The molecule has 6 nitrogen and oxygen atoms in total. The third-order valence-electron chi connectivity index (χ3n) is 2.07. The first-order valence-electron chi connectivity index (χ1n) is 4.90. The molecule has 0 fully saturated rings. The number of halogens is 1. The highest BCUT2D eigenvalue weighted by Gasteiger charge is 2.15. The van der Waals surface area contributed by atoms with Crippen LogP contribution in [0, 0.1) is 5.82 Å². The lowest BCUT2D eigenvalue weighted by Crippen LogP contribution is -2.17. The number of hydrogen-bond acceptors (Lipinski definition) is 6. The molecule has 2 N–H and O–H groups in total. The molecule has 1 atom stereocenters. The summed E-state index contributed by atoms with van der Waals surface area (Å²) in [6.45, 7) is 0.288. The number of nitrogens with zero attached hydrogens (tertiary/aromatic N) is 3. The summed E-state index contributed by atoms with van der Waals surface area (Å²) in [4.78, 5) is 7.88. The third kappa shape index (κ3) is 2.63. The molecule has 2 rings (SSSR count). The number of pyridine rings is 1. The van der Waals surface area contributed by atoms with Gasteiger partial charge < -0.3 is 15.0 Å². The van der Waals surface area contributed by atoms with E-state index in [0.717, 1.165) is 6.20 Å². The van der Waals surface area contributed by atoms with E-state index in [1.54, 1.807) is 0 Å². The van der Waals surface area contributed by atoms with Crippen LogP contribution in [0.25, 0.3) is 11.6 Å². The average Bonchev–Trinajstić information content (AvgIpc) is 2.80. The molecule has 0 aliphatic carbocycles. The van der Waals surface area contributed by atoms with Gasteiger partial charge in [-0.3, -0.25) is 0 Å². The fourth-order valence-corrected chi connectivity index (χ4v) is 1.25. The molecule has 0 aliphatic heterocycles. The van der Waals surface area contributed by atoms with Crippen molar-refractivity contribution in [2.75, 3.05) is 13.7 Å². The highest BCUT2D eigenvalue weighted by molar-refractivity contribution is 5.45. The van der Waals surface area contributed by atoms with Gasteiger partial charge in [-0.05, 0) is 12.1 Å². The zero-order chi connectivity index (χ0) is 12.3. The lowest BCUT2D eigenvalue weighted by atomic mass is 10.3. The standard InChI is InChI=1S/C10H11FN4O2/c1-16-5-7(12)9-14-10(17-15-9)8-3-2-6(11)4-13-8/h2-4,7H,5,12H2,1H3. The molecule has 17 heavy (non-hydrogen) atoms. The van der Waals surface area contributed by atoms with Gasteiger partial charge in [0.25, 0.3) is 5.89 Å². The van der Waals surface area contributed by atoms with E-state index in [-0.39, 0.29) is 12.5 Å². The molecule has 0 saturated carbocycles. The lowest BCUT2D eigenvalue weighted by molar-refractivity contribution is 0.177. The van der Waals surface area contributed by atoms with E-state index in [0.29, 0.717) is 11.5 Å². The Hall–Kier alpha value is -1.86. The Bertz CT molecular complexity index is 485. The molecule has 0 aromatic carbocycles. The van der Waals surface area contributed by atoms with Crippen LogP contribution in [0.4, 0.5) is 4.39 Å². The van der Waals surface area contributed by atoms with Crippen LogP contribution < -0.4 is 5.73 Å². The topological polar surface area (TPSA) is 87.1 Å². The Morgan fingerprint density at radius 2 is 2.35 bits per heavy atom. The molecule has 0 radical (unpaired) electrons. The normalized spacial score (nSPS) is 12.6. The maximum atomic E-state index is 12.7. The maximum absolute atomic E-state index is 12.7. The molecule has 7 heteroatoms. The van der Waals surface area contributed by atoms with Gasteiger partial charge >= 0.3 is 0 Å². The second-order valence-corrected chi connectivity index (χ2v) is 3.38. The highest BCUT2D eigenvalue weighted by Crippen LogP contribution is 2.16. The maximum Gasteiger partial charge on any atom is 0.276 e. The van der Waals surface area contributed by atoms with Gasteiger partial charge in [-0.15, -0.1) is 0 Å². The summed E-state index contributed by atoms with van der Waals surface area (Å²) in [5.74, 6) is 0.101. The summed E-state index contributed by atoms with van der Waals surface area (Å²) in [6, 6.07) is 2.26. The van der Waals surface area contributed by atoms with E-state index < -0.39 is 11.9 Å². The molecule has 2 heterocycles. The lowest BCUT2D eigenvalue weighted by Gasteiger charge is -2.03. The van der Waals surface area contributed by atoms with Crippen molar-refractivity contribution >= 4 is 0 Å². The van der Waals surface area contributed by atoms with Crippen molar-refractivity contribution in [1.29, 1.82) is 0 Å². The van der Waals surface area contributed by atoms with Gasteiger partial charge in [0.15, 0.2) is 5.82 Å². The van der Waals surface area contributed by atoms with Crippen molar-refractivity contribution in [2.24, 2.45) is 5.73 Å². The molecule has 90 valence electrons. The van der Waals surface area contributed by atoms with Gasteiger partial charge in [-0.25, -0.2) is 9.37 Å². The van der Waals surface area contributed by atoms with Crippen LogP contribution in [0.15, 0.2) is 22.9 Å². The van der Waals surface area contributed by atoms with Crippen molar-refractivity contribution in [2.45, 2.75) is 6.04 Å². The zero-order valence-electron chi connectivity index (χ0n) is 9.13. The molecule has 2 aromatic heterocycles. The fourth-order valence-electron chi connectivity index (χ4n) is 1.25. The van der Waals surface area contributed by atoms with Crippen LogP contribution in [0.5, 0.6) is 0 Å². The molecule has 0 saturated heterocycles. The average molecular weight is 238 g/mol. The SMILES string of the molecule is COCC(N)c1noc(-c2ccc(F)cn2)n1. The third-order valence-corrected chi connectivity index (χ3v) is 2.07. The molecule has 1 unspecified atom stereocenters. The summed E-state index contributed by atoms with van der Waals surface area (Å²) >= 11 is 0. The minimum Gasteiger partial charge on any atom is -0.383 e. The molecule has 0 aliphatic rings. The van der Waals surface area contributed by atoms with E-state index in [1.807, 2.05) is 0 Å². The van der Waals surface area contributed by atoms with Crippen LogP contribution in [0.1, 0.15) is 11.9 Å². The van der Waals surface area contributed by atoms with Crippen LogP contribution in [0.2, 0.25) is 0 Å². The second kappa shape index (κ2) is 4.98. The zero-order valence-corrected chi connectivity index (χ0v) is 9.13. The number of nitrogens with two attached hydrogens (primary N) is 1. The molecular weight excluding hydrogens is 227 g/mol. The van der Waals surface area contributed by atoms with Crippen molar-refractivity contribution in [1.82, 2.24) is 15.1 Å². The highest BCUT2D eigenvalue weighted by atomic mass is 19.1. The first-order valence-corrected chi connectivity index (χ1v) is 4.90. The smallest absolute Gasteiger partial charge is 0.276 e. The molecule has 0 bridgehead atoms. The van der Waals surface area contributed by atoms with E-state index >= 15 is 0 Å². The van der Waals surface area contributed by atoms with Crippen LogP contribution in [0.3, 0.4) is 0 Å². The number of rotatable bonds is 4. The second-order valence-electron chi connectivity index (χ2n) is 3.38. The van der Waals surface area contributed by atoms with Gasteiger partial charge in [0.2, 0.25) is 0 Å². The van der Waals surface area contributed by atoms with E-state index in [9.17, 15) is 4.39 Å². The Morgan fingerprint density at radius 1 is 1.53 bits per heavy atom. The predicted octanol–water partition coefficient (Wildman–Crippen LogP) is 0.917. The predicted molar refractivity (Wildman–Crippen MR) is 56.3 cm³/mol. The van der Waals surface area contributed by atoms with Crippen LogP contribution in [-0.4, -0.2) is 28.8 Å². The molecule has 0 amide bonds. The largest absolute Gasteiger partial charge is 0.383 e. The summed E-state index contributed by atoms with van der Waals surface area (Å²) in [7, 11) is 1.53. The number of aromatic nitrogens is 3. The summed E-state index contributed by atoms with van der Waals surface area (Å²) < 4.78 is 22.5. The van der Waals surface area contributed by atoms with Gasteiger partial charge in [-0.2, -0.15) is 4.98 Å². The Balaban J connectivity index is 2.20. The van der Waals surface area contributed by atoms with Gasteiger partial charge in [0.1, 0.15) is 11.5 Å². The van der Waals surface area contributed by atoms with Crippen molar-refractivity contribution in [3.8, 4) is 11.6 Å². The van der Waals surface area contributed by atoms with Crippen LogP contribution in [-0.2, 0) is 4.74 Å². The minimum absolute atomic E-state index is 0.201. The first-order chi connectivity index (χ1) is 8.20. The van der Waals surface area contributed by atoms with Gasteiger partial charge in [-0.1, -0.05) is 5.16 Å². The summed E-state index contributed by atoms with van der Waals surface area (Å²) in [6.07, 6.45) is 1.08. The van der Waals surface area contributed by atoms with E-state index in [1.165, 1.54) is 19.2 Å². The van der Waals surface area contributed by atoms with E-state index in [2.05, 4.69) is 15.1 Å². The van der Waals surface area contributed by atoms with Gasteiger partial charge in [0.05, 0.1) is 18.8 Å². The van der Waals surface area contributed by atoms with Crippen molar-refractivity contribution in [3.63, 3.8) is 0 Å². The number of ether oxygens (including phenoxy) is 1. The molecular formula is C10H11FN4O2. The Kier molecular flexibility index (Phi) is 3.40. The quantitative estimate of drug-likeness (QED) is 0.852. The van der Waals surface area contributed by atoms with Crippen molar-refractivity contribution in [3.05, 3.63) is 30.0 Å². The van der Waals surface area contributed by atoms with Crippen LogP contribution >= 0.6 is 0 Å². The summed E-state index contributed by atoms with van der Waals surface area (Å²) in [5.41, 5.74) is 6.13. The number of methoxy groups -OCH3 is 1. The summed E-state index contributed by atoms with van der Waals surface area (Å²) in [5, 5.41) is 3.71. The number of hydrogen-bond donors (Lipinski definition) is 1. The van der Waals surface area contributed by atoms with Crippen molar-refractivity contribution < 1.29 is 13.7 Å². The van der Waals surface area contributed by atoms with E-state index in [4.69, 9.17) is 15.0 Å². The Labute approximate surface area is 96.6 Å². The monoisotopic (exact) mass is 238 g/mol. The Morgan fingerprint density at radius 3 is 3.00 bits per heavy atom. The van der Waals surface area contributed by atoms with Gasteiger partial charge in [0, 0.05) is 7.11 Å².